The van der Waals surface area contributed by atoms with Crippen molar-refractivity contribution in [3.05, 3.63) is 58.8 Å². The van der Waals surface area contributed by atoms with Crippen molar-refractivity contribution >= 4 is 33.7 Å². The van der Waals surface area contributed by atoms with E-state index in [0.29, 0.717) is 28.2 Å². The molecule has 6 nitrogen and oxygen atoms in total. The summed E-state index contributed by atoms with van der Waals surface area (Å²) in [6, 6.07) is 14.4. The van der Waals surface area contributed by atoms with Gasteiger partial charge in [-0.1, -0.05) is 24.3 Å². The third-order valence-corrected chi connectivity index (χ3v) is 4.83. The molecule has 0 fully saturated rings. The number of carboxylic acids is 1. The molecule has 0 saturated heterocycles. The minimum absolute atomic E-state index is 0.0504. The van der Waals surface area contributed by atoms with E-state index < -0.39 is 11.4 Å². The van der Waals surface area contributed by atoms with Crippen LogP contribution in [0.15, 0.2) is 53.3 Å². The van der Waals surface area contributed by atoms with Gasteiger partial charge in [0.05, 0.1) is 16.4 Å². The highest BCUT2D eigenvalue weighted by molar-refractivity contribution is 5.94. The van der Waals surface area contributed by atoms with E-state index in [-0.39, 0.29) is 24.4 Å². The Morgan fingerprint density at radius 3 is 2.04 bits per heavy atom. The third-order valence-electron chi connectivity index (χ3n) is 4.83. The quantitative estimate of drug-likeness (QED) is 0.657. The highest BCUT2D eigenvalue weighted by Gasteiger charge is 2.26. The van der Waals surface area contributed by atoms with Crippen LogP contribution in [0.25, 0.3) is 21.8 Å². The number of nitrogens with one attached hydrogen (secondary N) is 1. The Morgan fingerprint density at radius 2 is 1.52 bits per heavy atom. The third kappa shape index (κ3) is 3.69. The summed E-state index contributed by atoms with van der Waals surface area (Å²) in [7, 11) is 0. The molecular weight excluding hydrogens is 344 g/mol. The first-order chi connectivity index (χ1) is 12.8. The fourth-order valence-electron chi connectivity index (χ4n) is 3.07. The summed E-state index contributed by atoms with van der Waals surface area (Å²) in [6.45, 7) is 3.58. The van der Waals surface area contributed by atoms with Crippen molar-refractivity contribution in [2.24, 2.45) is 5.41 Å². The summed E-state index contributed by atoms with van der Waals surface area (Å²) in [5.41, 5.74) is 0.440. The fraction of sp³-hybridized carbons (Fsp3) is 0.286. The summed E-state index contributed by atoms with van der Waals surface area (Å²) >= 11 is 0. The van der Waals surface area contributed by atoms with E-state index in [2.05, 4.69) is 5.32 Å². The lowest BCUT2D eigenvalue weighted by Crippen LogP contribution is -2.34. The SMILES string of the molecule is CC(C)(CCNC(=O)Cn1c2ccccc2c(=O)c2ccccc21)C(=O)O. The number of amides is 1. The van der Waals surface area contributed by atoms with Crippen LogP contribution in [0.2, 0.25) is 0 Å². The first kappa shape index (κ1) is 18.6. The van der Waals surface area contributed by atoms with Gasteiger partial charge in [-0.3, -0.25) is 14.4 Å². The van der Waals surface area contributed by atoms with Gasteiger partial charge in [0.2, 0.25) is 5.91 Å². The Bertz CT molecular complexity index is 1020. The first-order valence-corrected chi connectivity index (χ1v) is 8.81. The monoisotopic (exact) mass is 366 g/mol. The molecule has 0 saturated carbocycles. The standard InChI is InChI=1S/C21H22N2O4/c1-21(2,20(26)27)11-12-22-18(24)13-23-16-9-5-3-7-14(16)19(25)15-8-4-6-10-17(15)23/h3-10H,11-13H2,1-2H3,(H,22,24)(H,26,27). The minimum atomic E-state index is -0.899. The zero-order valence-corrected chi connectivity index (χ0v) is 15.4. The van der Waals surface area contributed by atoms with E-state index in [4.69, 9.17) is 5.11 Å². The fourth-order valence-corrected chi connectivity index (χ4v) is 3.07. The maximum Gasteiger partial charge on any atom is 0.309 e. The van der Waals surface area contributed by atoms with Crippen LogP contribution < -0.4 is 10.7 Å². The molecule has 3 aromatic rings. The topological polar surface area (TPSA) is 88.4 Å². The Morgan fingerprint density at radius 1 is 1.00 bits per heavy atom. The van der Waals surface area contributed by atoms with E-state index in [0.717, 1.165) is 0 Å². The van der Waals surface area contributed by atoms with Gasteiger partial charge in [-0.2, -0.15) is 0 Å². The smallest absolute Gasteiger partial charge is 0.309 e. The molecule has 0 spiro atoms. The van der Waals surface area contributed by atoms with Crippen LogP contribution >= 0.6 is 0 Å². The molecular formula is C21H22N2O4. The normalized spacial score (nSPS) is 11.6. The Balaban J connectivity index is 1.90. The van der Waals surface area contributed by atoms with Gasteiger partial charge in [-0.15, -0.1) is 0 Å². The largest absolute Gasteiger partial charge is 0.481 e. The Hall–Kier alpha value is -3.15. The van der Waals surface area contributed by atoms with Gasteiger partial charge in [0.25, 0.3) is 0 Å². The Labute approximate surface area is 156 Å². The Kier molecular flexibility index (Phi) is 4.99. The number of hydrogen-bond donors (Lipinski definition) is 2. The number of carboxylic acid groups (broad SMARTS) is 1. The van der Waals surface area contributed by atoms with Crippen molar-refractivity contribution in [1.82, 2.24) is 9.88 Å². The van der Waals surface area contributed by atoms with Crippen LogP contribution in [-0.2, 0) is 16.1 Å². The van der Waals surface area contributed by atoms with Gasteiger partial charge in [0.1, 0.15) is 6.54 Å². The highest BCUT2D eigenvalue weighted by atomic mass is 16.4. The molecule has 3 rings (SSSR count). The number of fused-ring (bicyclic) bond motifs is 2. The molecule has 2 aromatic carbocycles. The molecule has 6 heteroatoms. The van der Waals surface area contributed by atoms with Crippen molar-refractivity contribution in [1.29, 1.82) is 0 Å². The van der Waals surface area contributed by atoms with Crippen LogP contribution in [0.5, 0.6) is 0 Å². The summed E-state index contributed by atoms with van der Waals surface area (Å²) in [5, 5.41) is 13.1. The highest BCUT2D eigenvalue weighted by Crippen LogP contribution is 2.20. The molecule has 0 atom stereocenters. The van der Waals surface area contributed by atoms with E-state index in [1.165, 1.54) is 0 Å². The average Bonchev–Trinajstić information content (AvgIpc) is 2.65. The van der Waals surface area contributed by atoms with Crippen LogP contribution in [0.3, 0.4) is 0 Å². The van der Waals surface area contributed by atoms with Crippen molar-refractivity contribution in [2.75, 3.05) is 6.54 Å². The van der Waals surface area contributed by atoms with Crippen molar-refractivity contribution < 1.29 is 14.7 Å². The number of carbonyl (C=O) groups is 2. The second-order valence-corrected chi connectivity index (χ2v) is 7.24. The van der Waals surface area contributed by atoms with Crippen molar-refractivity contribution in [2.45, 2.75) is 26.8 Å². The number of nitrogens with zero attached hydrogens (tertiary/aromatic N) is 1. The average molecular weight is 366 g/mol. The molecule has 0 aliphatic heterocycles. The number of pyridine rings is 1. The summed E-state index contributed by atoms with van der Waals surface area (Å²) in [4.78, 5) is 36.4. The lowest BCUT2D eigenvalue weighted by molar-refractivity contribution is -0.147. The number of aromatic nitrogens is 1. The summed E-state index contributed by atoms with van der Waals surface area (Å²) in [5.74, 6) is -1.12. The predicted molar refractivity (Wildman–Crippen MR) is 105 cm³/mol. The van der Waals surface area contributed by atoms with Gasteiger partial charge in [0.15, 0.2) is 5.43 Å². The van der Waals surface area contributed by atoms with E-state index in [1.807, 2.05) is 28.8 Å². The molecule has 1 aromatic heterocycles. The van der Waals surface area contributed by atoms with Crippen LogP contribution in [0.4, 0.5) is 0 Å². The number of hydrogen-bond acceptors (Lipinski definition) is 3. The zero-order valence-electron chi connectivity index (χ0n) is 15.4. The van der Waals surface area contributed by atoms with Crippen molar-refractivity contribution in [3.8, 4) is 0 Å². The number of carbonyl (C=O) groups excluding carboxylic acids is 1. The first-order valence-electron chi connectivity index (χ1n) is 8.81. The lowest BCUT2D eigenvalue weighted by Gasteiger charge is -2.19. The molecule has 0 unspecified atom stereocenters. The lowest BCUT2D eigenvalue weighted by atomic mass is 9.90. The molecule has 2 N–H and O–H groups in total. The van der Waals surface area contributed by atoms with Gasteiger partial charge >= 0.3 is 5.97 Å². The van der Waals surface area contributed by atoms with Gasteiger partial charge < -0.3 is 15.0 Å². The molecule has 27 heavy (non-hydrogen) atoms. The predicted octanol–water partition coefficient (Wildman–Crippen LogP) is 2.77. The number of aliphatic carboxylic acids is 1. The maximum atomic E-state index is 12.7. The van der Waals surface area contributed by atoms with E-state index >= 15 is 0 Å². The summed E-state index contributed by atoms with van der Waals surface area (Å²) < 4.78 is 1.82. The molecule has 1 heterocycles. The van der Waals surface area contributed by atoms with Crippen LogP contribution in [0, 0.1) is 5.41 Å². The molecule has 0 aliphatic rings. The second-order valence-electron chi connectivity index (χ2n) is 7.24. The molecule has 1 amide bonds. The van der Waals surface area contributed by atoms with Gasteiger partial charge in [0, 0.05) is 17.3 Å². The maximum absolute atomic E-state index is 12.7. The number of para-hydroxylation sites is 2. The minimum Gasteiger partial charge on any atom is -0.481 e. The van der Waals surface area contributed by atoms with E-state index in [1.54, 1.807) is 38.1 Å². The number of benzene rings is 2. The number of rotatable bonds is 6. The van der Waals surface area contributed by atoms with E-state index in [9.17, 15) is 14.4 Å². The molecule has 0 radical (unpaired) electrons. The second kappa shape index (κ2) is 7.23. The van der Waals surface area contributed by atoms with Crippen LogP contribution in [0.1, 0.15) is 20.3 Å². The summed E-state index contributed by atoms with van der Waals surface area (Å²) in [6.07, 6.45) is 0.333. The van der Waals surface area contributed by atoms with Gasteiger partial charge in [-0.25, -0.2) is 0 Å². The zero-order chi connectivity index (χ0) is 19.6. The van der Waals surface area contributed by atoms with Crippen LogP contribution in [-0.4, -0.2) is 28.1 Å². The molecule has 0 bridgehead atoms. The van der Waals surface area contributed by atoms with Crippen molar-refractivity contribution in [3.63, 3.8) is 0 Å². The molecule has 140 valence electrons. The molecule has 0 aliphatic carbocycles. The van der Waals surface area contributed by atoms with Gasteiger partial charge in [-0.05, 0) is 44.5 Å².